The van der Waals surface area contributed by atoms with Gasteiger partial charge in [-0.25, -0.2) is 0 Å². The van der Waals surface area contributed by atoms with Crippen molar-refractivity contribution in [3.63, 3.8) is 0 Å². The largest absolute Gasteiger partial charge is 0.493 e. The molecule has 2 atom stereocenters. The molecule has 0 aromatic heterocycles. The number of carbonyl (C=O) groups excluding carboxylic acids is 2. The van der Waals surface area contributed by atoms with Crippen LogP contribution in [-0.4, -0.2) is 87.3 Å². The van der Waals surface area contributed by atoms with Crippen molar-refractivity contribution in [2.75, 3.05) is 60.7 Å². The predicted octanol–water partition coefficient (Wildman–Crippen LogP) is 3.11. The number of likely N-dealkylation sites (N-methyl/N-ethyl adjacent to an activating group) is 2. The Morgan fingerprint density at radius 1 is 0.970 bits per heavy atom. The van der Waals surface area contributed by atoms with Crippen molar-refractivity contribution in [1.82, 2.24) is 14.7 Å². The molecule has 1 fully saturated rings. The molecule has 0 spiro atoms. The van der Waals surface area contributed by atoms with Crippen LogP contribution in [0.1, 0.15) is 33.4 Å². The monoisotopic (exact) mass is 469 g/mol. The number of hydrogen-bond donors (Lipinski definition) is 0. The van der Waals surface area contributed by atoms with Crippen LogP contribution in [0, 0.1) is 0 Å². The third-order valence-corrected chi connectivity index (χ3v) is 7.46. The van der Waals surface area contributed by atoms with Crippen LogP contribution in [0.25, 0.3) is 0 Å². The van der Waals surface area contributed by atoms with Crippen molar-refractivity contribution >= 4 is 23.6 Å². The molecule has 1 saturated heterocycles. The molecule has 0 bridgehead atoms. The maximum atomic E-state index is 14.0. The van der Waals surface area contributed by atoms with Crippen LogP contribution in [0.3, 0.4) is 0 Å². The van der Waals surface area contributed by atoms with Crippen LogP contribution in [0.4, 0.5) is 0 Å². The number of thioether (sulfide) groups is 1. The number of amides is 2. The summed E-state index contributed by atoms with van der Waals surface area (Å²) in [5.74, 6) is 0.362. The lowest BCUT2D eigenvalue weighted by Crippen LogP contribution is -2.52. The minimum Gasteiger partial charge on any atom is -0.493 e. The van der Waals surface area contributed by atoms with Gasteiger partial charge in [0.15, 0.2) is 11.5 Å². The maximum Gasteiger partial charge on any atom is 0.254 e. The van der Waals surface area contributed by atoms with Crippen molar-refractivity contribution < 1.29 is 19.1 Å². The molecule has 2 aromatic rings. The Bertz CT molecular complexity index is 1030. The molecule has 2 heterocycles. The number of carbonyl (C=O) groups is 2. The van der Waals surface area contributed by atoms with Gasteiger partial charge in [-0.15, -0.1) is 11.8 Å². The zero-order chi connectivity index (χ0) is 23.7. The summed E-state index contributed by atoms with van der Waals surface area (Å²) in [5.41, 5.74) is 2.12. The Morgan fingerprint density at radius 2 is 1.58 bits per heavy atom. The van der Waals surface area contributed by atoms with Crippen molar-refractivity contribution in [2.24, 2.45) is 0 Å². The summed E-state index contributed by atoms with van der Waals surface area (Å²) in [7, 11) is 6.96. The molecule has 33 heavy (non-hydrogen) atoms. The van der Waals surface area contributed by atoms with E-state index < -0.39 is 12.0 Å². The van der Waals surface area contributed by atoms with Gasteiger partial charge in [-0.1, -0.05) is 12.1 Å². The minimum absolute atomic E-state index is 0.0369. The second-order valence-corrected chi connectivity index (χ2v) is 9.41. The van der Waals surface area contributed by atoms with Crippen molar-refractivity contribution in [1.29, 1.82) is 0 Å². The number of ether oxygens (including phenoxy) is 2. The van der Waals surface area contributed by atoms with Crippen LogP contribution in [0.15, 0.2) is 41.3 Å². The molecule has 7 nitrogen and oxygen atoms in total. The van der Waals surface area contributed by atoms with Crippen LogP contribution in [0.2, 0.25) is 0 Å². The molecule has 0 radical (unpaired) electrons. The molecular formula is C25H31N3O4S. The van der Waals surface area contributed by atoms with Gasteiger partial charge in [0.25, 0.3) is 5.91 Å². The number of hydrogen-bond acceptors (Lipinski definition) is 6. The Morgan fingerprint density at radius 3 is 2.15 bits per heavy atom. The summed E-state index contributed by atoms with van der Waals surface area (Å²) in [4.78, 5) is 34.5. The maximum absolute atomic E-state index is 14.0. The molecule has 0 N–H and O–H groups in total. The van der Waals surface area contributed by atoms with Crippen LogP contribution >= 0.6 is 11.8 Å². The summed E-state index contributed by atoms with van der Waals surface area (Å²) in [6.07, 6.45) is 2.03. The Hall–Kier alpha value is -2.71. The van der Waals surface area contributed by atoms with E-state index in [9.17, 15) is 9.59 Å². The number of nitrogens with zero attached hydrogens (tertiary/aromatic N) is 3. The lowest BCUT2D eigenvalue weighted by molar-refractivity contribution is -0.136. The van der Waals surface area contributed by atoms with E-state index in [2.05, 4.69) is 11.9 Å². The first-order valence-electron chi connectivity index (χ1n) is 11.0. The lowest BCUT2D eigenvalue weighted by atomic mass is 9.78. The topological polar surface area (TPSA) is 62.3 Å². The van der Waals surface area contributed by atoms with E-state index in [1.165, 1.54) is 0 Å². The van der Waals surface area contributed by atoms with E-state index >= 15 is 0 Å². The predicted molar refractivity (Wildman–Crippen MR) is 129 cm³/mol. The minimum atomic E-state index is -0.536. The molecular weight excluding hydrogens is 438 g/mol. The molecule has 0 saturated carbocycles. The second-order valence-electron chi connectivity index (χ2n) is 8.53. The third kappa shape index (κ3) is 4.29. The zero-order valence-electron chi connectivity index (χ0n) is 19.8. The van der Waals surface area contributed by atoms with E-state index in [1.54, 1.807) is 50.1 Å². The average molecular weight is 470 g/mol. The van der Waals surface area contributed by atoms with E-state index in [0.29, 0.717) is 35.7 Å². The zero-order valence-corrected chi connectivity index (χ0v) is 20.6. The fraction of sp³-hybridized carbons (Fsp3) is 0.440. The SMILES string of the molecule is COc1cc2c(cc1OC)[C@@H](C(=O)N1CCN(C)CC1)[C@H](c1ccc(SC)cc1)N(C)C2=O. The number of fused-ring (bicyclic) bond motifs is 1. The number of rotatable bonds is 5. The molecule has 2 aliphatic rings. The fourth-order valence-electron chi connectivity index (χ4n) is 4.76. The first-order valence-corrected chi connectivity index (χ1v) is 12.3. The number of methoxy groups -OCH3 is 2. The molecule has 4 rings (SSSR count). The fourth-order valence-corrected chi connectivity index (χ4v) is 5.16. The first-order chi connectivity index (χ1) is 15.9. The van der Waals surface area contributed by atoms with Crippen LogP contribution < -0.4 is 9.47 Å². The Balaban J connectivity index is 1.86. The first kappa shape index (κ1) is 23.4. The van der Waals surface area contributed by atoms with Gasteiger partial charge in [0.2, 0.25) is 5.91 Å². The quantitative estimate of drug-likeness (QED) is 0.627. The standard InChI is InChI=1S/C25H31N3O4S/c1-26-10-12-28(13-11-26)25(30)22-18-14-20(31-3)21(32-4)15-19(18)24(29)27(2)23(22)16-6-8-17(33-5)9-7-16/h6-9,14-15,22-23H,10-13H2,1-5H3/t22-,23+/m1/s1. The second kappa shape index (κ2) is 9.65. The molecule has 176 valence electrons. The highest BCUT2D eigenvalue weighted by molar-refractivity contribution is 7.98. The molecule has 2 amide bonds. The Kier molecular flexibility index (Phi) is 6.86. The van der Waals surface area contributed by atoms with Crippen LogP contribution in [0.5, 0.6) is 11.5 Å². The van der Waals surface area contributed by atoms with Gasteiger partial charge < -0.3 is 24.2 Å². The average Bonchev–Trinajstić information content (AvgIpc) is 2.85. The van der Waals surface area contributed by atoms with Gasteiger partial charge in [0.1, 0.15) is 0 Å². The van der Waals surface area contributed by atoms with Crippen molar-refractivity contribution in [3.05, 3.63) is 53.1 Å². The van der Waals surface area contributed by atoms with E-state index in [-0.39, 0.29) is 11.8 Å². The van der Waals surface area contributed by atoms with E-state index in [4.69, 9.17) is 9.47 Å². The molecule has 8 heteroatoms. The van der Waals surface area contributed by atoms with Gasteiger partial charge in [-0.2, -0.15) is 0 Å². The van der Waals surface area contributed by atoms with Gasteiger partial charge in [-0.05, 0) is 48.7 Å². The van der Waals surface area contributed by atoms with Crippen molar-refractivity contribution in [2.45, 2.75) is 16.9 Å². The molecule has 0 unspecified atom stereocenters. The molecule has 0 aliphatic carbocycles. The number of benzene rings is 2. The summed E-state index contributed by atoms with van der Waals surface area (Å²) in [6, 6.07) is 11.2. The molecule has 2 aliphatic heterocycles. The van der Waals surface area contributed by atoms with Gasteiger partial charge in [0, 0.05) is 43.7 Å². The highest BCUT2D eigenvalue weighted by Crippen LogP contribution is 2.46. The highest BCUT2D eigenvalue weighted by Gasteiger charge is 2.45. The summed E-state index contributed by atoms with van der Waals surface area (Å²) in [6.45, 7) is 3.01. The van der Waals surface area contributed by atoms with E-state index in [1.807, 2.05) is 35.4 Å². The third-order valence-electron chi connectivity index (χ3n) is 6.71. The number of piperazine rings is 1. The highest BCUT2D eigenvalue weighted by atomic mass is 32.2. The summed E-state index contributed by atoms with van der Waals surface area (Å²) >= 11 is 1.66. The van der Waals surface area contributed by atoms with Gasteiger partial charge >= 0.3 is 0 Å². The Labute approximate surface area is 199 Å². The smallest absolute Gasteiger partial charge is 0.254 e. The summed E-state index contributed by atoms with van der Waals surface area (Å²) in [5, 5.41) is 0. The van der Waals surface area contributed by atoms with Crippen LogP contribution in [-0.2, 0) is 4.79 Å². The summed E-state index contributed by atoms with van der Waals surface area (Å²) < 4.78 is 11.0. The lowest BCUT2D eigenvalue weighted by Gasteiger charge is -2.43. The van der Waals surface area contributed by atoms with Gasteiger partial charge in [0.05, 0.1) is 26.2 Å². The molecule has 2 aromatic carbocycles. The van der Waals surface area contributed by atoms with Gasteiger partial charge in [-0.3, -0.25) is 9.59 Å². The normalized spacial score (nSPS) is 21.1. The van der Waals surface area contributed by atoms with E-state index in [0.717, 1.165) is 23.5 Å². The van der Waals surface area contributed by atoms with Crippen molar-refractivity contribution in [3.8, 4) is 11.5 Å².